The standard InChI is InChI=1S/C52H59ClN10O7S/c1-6-54-47(64)31-43-51-60-58-33(2)62(51)46-20-16-39(67-5)30-42(46)50(56-43)36-11-17-40(18-12-36)71-28-8-7-22-68-24-26-70-27-25-69-23-21-55-48(65)32-44-52-61-59-34(3)63(52)45-19-15-38(66-4)29-41(45)49(57-44)35-9-13-37(53)14-10-35/h9-20,29-30,43-44H,6-8,21-28,31-32H2,1-5H3,(H,54,64)(H,55,65). The number of nitrogens with zero attached hydrogens (tertiary/aromatic N) is 8. The molecule has 4 aromatic carbocycles. The Bertz CT molecular complexity index is 2850. The van der Waals surface area contributed by atoms with Gasteiger partial charge in [-0.2, -0.15) is 0 Å². The summed E-state index contributed by atoms with van der Waals surface area (Å²) in [6, 6.07) is 26.4. The smallest absolute Gasteiger partial charge is 0.222 e. The van der Waals surface area contributed by atoms with Gasteiger partial charge in [-0.3, -0.25) is 28.7 Å². The van der Waals surface area contributed by atoms with Gasteiger partial charge in [0, 0.05) is 51.9 Å². The summed E-state index contributed by atoms with van der Waals surface area (Å²) in [5.41, 5.74) is 6.71. The van der Waals surface area contributed by atoms with E-state index in [4.69, 9.17) is 45.3 Å². The molecule has 4 heterocycles. The Kier molecular flexibility index (Phi) is 17.6. The first-order valence-corrected chi connectivity index (χ1v) is 25.1. The van der Waals surface area contributed by atoms with E-state index in [1.54, 1.807) is 26.0 Å². The van der Waals surface area contributed by atoms with Gasteiger partial charge >= 0.3 is 0 Å². The highest BCUT2D eigenvalue weighted by molar-refractivity contribution is 7.99. The van der Waals surface area contributed by atoms with Crippen molar-refractivity contribution >= 4 is 46.6 Å². The quantitative estimate of drug-likeness (QED) is 0.0448. The predicted octanol–water partition coefficient (Wildman–Crippen LogP) is 7.57. The van der Waals surface area contributed by atoms with Gasteiger partial charge in [0.2, 0.25) is 11.8 Å². The number of unbranched alkanes of at least 4 members (excludes halogenated alkanes) is 1. The molecule has 0 spiro atoms. The minimum Gasteiger partial charge on any atom is -0.497 e. The molecule has 2 amide bonds. The van der Waals surface area contributed by atoms with E-state index in [2.05, 4.69) is 55.3 Å². The summed E-state index contributed by atoms with van der Waals surface area (Å²) in [6.45, 7) is 9.34. The maximum atomic E-state index is 13.3. The SMILES string of the molecule is CCNC(=O)CC1N=C(c2ccc(SCCCCOCCOCCOCCNC(=O)CC3N=C(c4ccc(Cl)cc4)c4cc(OC)ccc4-n4c(C)nnc43)cc2)c2cc(OC)ccc2-n2c(C)nnc21. The van der Waals surface area contributed by atoms with Crippen LogP contribution >= 0.6 is 23.4 Å². The maximum absolute atomic E-state index is 13.3. The van der Waals surface area contributed by atoms with E-state index in [0.29, 0.717) is 92.4 Å². The molecule has 2 N–H and O–H groups in total. The summed E-state index contributed by atoms with van der Waals surface area (Å²) in [7, 11) is 3.27. The molecule has 6 aromatic rings. The van der Waals surface area contributed by atoms with Crippen molar-refractivity contribution in [1.29, 1.82) is 0 Å². The number of methoxy groups -OCH3 is 2. The molecular weight excluding hydrogens is 944 g/mol. The fraction of sp³-hybridized carbons (Fsp3) is 0.385. The van der Waals surface area contributed by atoms with Gasteiger partial charge in [-0.25, -0.2) is 0 Å². The lowest BCUT2D eigenvalue weighted by Crippen LogP contribution is -2.29. The van der Waals surface area contributed by atoms with Crippen molar-refractivity contribution in [3.8, 4) is 22.9 Å². The van der Waals surface area contributed by atoms with E-state index in [1.165, 1.54) is 0 Å². The number of benzene rings is 4. The zero-order valence-corrected chi connectivity index (χ0v) is 42.2. The van der Waals surface area contributed by atoms with Crippen LogP contribution in [0, 0.1) is 13.8 Å². The summed E-state index contributed by atoms with van der Waals surface area (Å²) in [5, 5.41) is 24.1. The zero-order valence-electron chi connectivity index (χ0n) is 40.7. The normalized spacial score (nSPS) is 14.7. The van der Waals surface area contributed by atoms with Crippen molar-refractivity contribution in [1.82, 2.24) is 40.2 Å². The lowest BCUT2D eigenvalue weighted by Gasteiger charge is -2.14. The van der Waals surface area contributed by atoms with Gasteiger partial charge in [0.15, 0.2) is 11.6 Å². The number of halogens is 1. The number of aliphatic imine (C=N–C) groups is 2. The Morgan fingerprint density at radius 2 is 1.11 bits per heavy atom. The first-order valence-electron chi connectivity index (χ1n) is 23.8. The van der Waals surface area contributed by atoms with Crippen LogP contribution in [0.2, 0.25) is 5.02 Å². The number of nitrogens with one attached hydrogen (secondary N) is 2. The number of rotatable bonds is 24. The number of carbonyl (C=O) groups excluding carboxylic acids is 2. The highest BCUT2D eigenvalue weighted by atomic mass is 35.5. The number of thioether (sulfide) groups is 1. The average molecular weight is 1000 g/mol. The number of fused-ring (bicyclic) bond motifs is 6. The van der Waals surface area contributed by atoms with Crippen LogP contribution in [-0.4, -0.2) is 125 Å². The molecule has 8 rings (SSSR count). The van der Waals surface area contributed by atoms with Gasteiger partial charge in [-0.05, 0) is 100 Å². The third-order valence-corrected chi connectivity index (χ3v) is 13.3. The Morgan fingerprint density at radius 3 is 1.63 bits per heavy atom. The van der Waals surface area contributed by atoms with Crippen LogP contribution in [0.25, 0.3) is 11.4 Å². The number of hydrogen-bond donors (Lipinski definition) is 2. The molecule has 0 fully saturated rings. The third kappa shape index (κ3) is 12.5. The van der Waals surface area contributed by atoms with E-state index in [-0.39, 0.29) is 24.7 Å². The fourth-order valence-corrected chi connectivity index (χ4v) is 9.49. The molecule has 0 aliphatic carbocycles. The Balaban J connectivity index is 0.720. The average Bonchev–Trinajstić information content (AvgIpc) is 3.88. The van der Waals surface area contributed by atoms with Crippen molar-refractivity contribution in [3.05, 3.63) is 136 Å². The highest BCUT2D eigenvalue weighted by Crippen LogP contribution is 2.36. The van der Waals surface area contributed by atoms with E-state index in [9.17, 15) is 9.59 Å². The molecule has 0 radical (unpaired) electrons. The van der Waals surface area contributed by atoms with Gasteiger partial charge in [0.1, 0.15) is 35.2 Å². The second kappa shape index (κ2) is 24.6. The van der Waals surface area contributed by atoms with Crippen molar-refractivity contribution in [3.63, 3.8) is 0 Å². The molecule has 2 aromatic heterocycles. The van der Waals surface area contributed by atoms with E-state index >= 15 is 0 Å². The molecule has 2 aliphatic rings. The molecule has 0 bridgehead atoms. The predicted molar refractivity (Wildman–Crippen MR) is 273 cm³/mol. The second-order valence-corrected chi connectivity index (χ2v) is 18.4. The van der Waals surface area contributed by atoms with Crippen molar-refractivity contribution in [2.75, 3.05) is 72.7 Å². The lowest BCUT2D eigenvalue weighted by molar-refractivity contribution is -0.122. The summed E-state index contributed by atoms with van der Waals surface area (Å²) in [5.74, 6) is 4.67. The van der Waals surface area contributed by atoms with Gasteiger partial charge in [0.05, 0.1) is 82.9 Å². The van der Waals surface area contributed by atoms with Crippen molar-refractivity contribution < 1.29 is 33.3 Å². The van der Waals surface area contributed by atoms with E-state index in [0.717, 1.165) is 68.7 Å². The Hall–Kier alpha value is -6.44. The Morgan fingerprint density at radius 1 is 0.620 bits per heavy atom. The highest BCUT2D eigenvalue weighted by Gasteiger charge is 2.32. The molecule has 2 atom stereocenters. The van der Waals surface area contributed by atoms with Crippen LogP contribution in [0.5, 0.6) is 11.5 Å². The van der Waals surface area contributed by atoms with Crippen LogP contribution in [0.4, 0.5) is 0 Å². The third-order valence-electron chi connectivity index (χ3n) is 11.9. The monoisotopic (exact) mass is 1000 g/mol. The summed E-state index contributed by atoms with van der Waals surface area (Å²) in [6.07, 6.45) is 2.16. The number of amides is 2. The summed E-state index contributed by atoms with van der Waals surface area (Å²) >= 11 is 8.03. The second-order valence-electron chi connectivity index (χ2n) is 16.8. The molecule has 17 nitrogen and oxygen atoms in total. The first-order chi connectivity index (χ1) is 34.6. The maximum Gasteiger partial charge on any atom is 0.222 e. The molecule has 19 heteroatoms. The van der Waals surface area contributed by atoms with E-state index in [1.807, 2.05) is 90.6 Å². The zero-order chi connectivity index (χ0) is 49.7. The Labute approximate surface area is 422 Å². The first kappa shape index (κ1) is 50.9. The lowest BCUT2D eigenvalue weighted by atomic mass is 10.00. The van der Waals surface area contributed by atoms with Crippen LogP contribution < -0.4 is 20.1 Å². The number of ether oxygens (including phenoxy) is 5. The molecule has 0 saturated heterocycles. The van der Waals surface area contributed by atoms with E-state index < -0.39 is 12.1 Å². The number of carbonyl (C=O) groups is 2. The molecule has 2 aliphatic heterocycles. The number of aryl methyl sites for hydroxylation is 2. The van der Waals surface area contributed by atoms with Gasteiger partial charge in [0.25, 0.3) is 0 Å². The summed E-state index contributed by atoms with van der Waals surface area (Å²) in [4.78, 5) is 37.6. The molecule has 0 saturated carbocycles. The van der Waals surface area contributed by atoms with Crippen LogP contribution in [0.1, 0.15) is 90.2 Å². The fourth-order valence-electron chi connectivity index (χ4n) is 8.45. The largest absolute Gasteiger partial charge is 0.497 e. The molecule has 372 valence electrons. The van der Waals surface area contributed by atoms with Crippen LogP contribution in [0.3, 0.4) is 0 Å². The van der Waals surface area contributed by atoms with Crippen molar-refractivity contribution in [2.24, 2.45) is 9.98 Å². The topological polar surface area (TPSA) is 190 Å². The van der Waals surface area contributed by atoms with Crippen molar-refractivity contribution in [2.45, 2.75) is 63.4 Å². The van der Waals surface area contributed by atoms with Gasteiger partial charge in [-0.15, -0.1) is 32.2 Å². The number of hydrogen-bond acceptors (Lipinski definition) is 14. The van der Waals surface area contributed by atoms with Crippen LogP contribution in [-0.2, 0) is 23.8 Å². The summed E-state index contributed by atoms with van der Waals surface area (Å²) < 4.78 is 32.4. The van der Waals surface area contributed by atoms with Gasteiger partial charge in [-0.1, -0.05) is 35.9 Å². The molecule has 71 heavy (non-hydrogen) atoms. The minimum absolute atomic E-state index is 0.0675. The number of aromatic nitrogens is 6. The minimum atomic E-state index is -0.598. The van der Waals surface area contributed by atoms with Crippen LogP contribution in [0.15, 0.2) is 99.8 Å². The molecule has 2 unspecified atom stereocenters. The van der Waals surface area contributed by atoms with Gasteiger partial charge < -0.3 is 34.3 Å². The molecular formula is C52H59ClN10O7S.